The normalized spacial score (nSPS) is 10.7. The molecule has 2 nitrogen and oxygen atoms in total. The molecule has 0 bridgehead atoms. The highest BCUT2D eigenvalue weighted by Crippen LogP contribution is 2.32. The highest BCUT2D eigenvalue weighted by molar-refractivity contribution is 5.81. The summed E-state index contributed by atoms with van der Waals surface area (Å²) in [5.74, 6) is 0.0397. The molecule has 1 aliphatic heterocycles. The molecule has 3 heteroatoms. The smallest absolute Gasteiger partial charge is 0.133 e. The van der Waals surface area contributed by atoms with E-state index in [0.29, 0.717) is 6.42 Å². The van der Waals surface area contributed by atoms with Gasteiger partial charge in [0.05, 0.1) is 0 Å². The van der Waals surface area contributed by atoms with Crippen molar-refractivity contribution in [2.24, 2.45) is 0 Å². The fraction of sp³-hybridized carbons (Fsp3) is 0.292. The summed E-state index contributed by atoms with van der Waals surface area (Å²) in [4.78, 5) is 10.9. The molecule has 3 rings (SSSR count). The van der Waals surface area contributed by atoms with E-state index in [4.69, 9.17) is 0 Å². The van der Waals surface area contributed by atoms with Crippen LogP contribution < -0.4 is 5.32 Å². The summed E-state index contributed by atoms with van der Waals surface area (Å²) >= 11 is 0. The van der Waals surface area contributed by atoms with Gasteiger partial charge in [-0.1, -0.05) is 49.8 Å². The molecule has 27 heavy (non-hydrogen) atoms. The van der Waals surface area contributed by atoms with Gasteiger partial charge in [-0.3, -0.25) is 4.79 Å². The largest absolute Gasteiger partial charge is 0.381 e. The second kappa shape index (κ2) is 13.4. The van der Waals surface area contributed by atoms with Crippen LogP contribution in [0.2, 0.25) is 0 Å². The standard InChI is InChI=1S/C13H15NO.C7H7F.C2H6.C2H2/c1-9(6-7-10(2)15)11-4-3-5-13-12(11)8-14-13;1-6-2-4-7(8)5-3-6;2*1-2/h3-6,14H,7-8H2,1-2H3;2-5H,1H3;1-2H3;1-2H/b9-6+;;;. The molecule has 0 unspecified atom stereocenters. The Bertz CT molecular complexity index is 737. The van der Waals surface area contributed by atoms with Crippen molar-refractivity contribution in [1.82, 2.24) is 0 Å². The molecule has 0 aliphatic carbocycles. The van der Waals surface area contributed by atoms with Crippen LogP contribution in [0.15, 0.2) is 48.5 Å². The van der Waals surface area contributed by atoms with Crippen LogP contribution >= 0.6 is 0 Å². The van der Waals surface area contributed by atoms with Gasteiger partial charge in [-0.15, -0.1) is 12.8 Å². The second-order valence-electron chi connectivity index (χ2n) is 5.77. The van der Waals surface area contributed by atoms with Gasteiger partial charge in [0.2, 0.25) is 0 Å². The van der Waals surface area contributed by atoms with Gasteiger partial charge in [-0.25, -0.2) is 4.39 Å². The van der Waals surface area contributed by atoms with Gasteiger partial charge in [-0.2, -0.15) is 0 Å². The number of fused-ring (bicyclic) bond motifs is 1. The van der Waals surface area contributed by atoms with Gasteiger partial charge >= 0.3 is 0 Å². The van der Waals surface area contributed by atoms with Gasteiger partial charge in [0.15, 0.2) is 0 Å². The van der Waals surface area contributed by atoms with Gasteiger partial charge < -0.3 is 5.32 Å². The van der Waals surface area contributed by atoms with Crippen molar-refractivity contribution >= 4 is 17.0 Å². The maximum Gasteiger partial charge on any atom is 0.133 e. The number of rotatable bonds is 3. The Labute approximate surface area is 163 Å². The van der Waals surface area contributed by atoms with Crippen LogP contribution in [0.4, 0.5) is 10.1 Å². The molecule has 0 atom stereocenters. The van der Waals surface area contributed by atoms with Crippen molar-refractivity contribution in [3.8, 4) is 12.8 Å². The van der Waals surface area contributed by atoms with E-state index >= 15 is 0 Å². The lowest BCUT2D eigenvalue weighted by Crippen LogP contribution is -2.15. The van der Waals surface area contributed by atoms with E-state index < -0.39 is 0 Å². The summed E-state index contributed by atoms with van der Waals surface area (Å²) in [5, 5.41) is 3.25. The Morgan fingerprint density at radius 1 is 1.11 bits per heavy atom. The third-order valence-electron chi connectivity index (χ3n) is 3.76. The summed E-state index contributed by atoms with van der Waals surface area (Å²) < 4.78 is 12.1. The highest BCUT2D eigenvalue weighted by atomic mass is 19.1. The number of carbonyl (C=O) groups excluding carboxylic acids is 1. The maximum absolute atomic E-state index is 12.1. The third-order valence-corrected chi connectivity index (χ3v) is 3.76. The first-order valence-corrected chi connectivity index (χ1v) is 9.05. The van der Waals surface area contributed by atoms with Gasteiger partial charge in [0.1, 0.15) is 11.6 Å². The Balaban J connectivity index is 0.000000477. The van der Waals surface area contributed by atoms with Crippen LogP contribution in [0.25, 0.3) is 5.57 Å². The van der Waals surface area contributed by atoms with E-state index in [0.717, 1.165) is 12.1 Å². The molecule has 0 radical (unpaired) electrons. The SMILES string of the molecule is C#C.CC.CC(=O)C/C=C(\C)c1cccc2c1CN2.Cc1ccc(F)cc1. The Morgan fingerprint density at radius 2 is 1.70 bits per heavy atom. The minimum Gasteiger partial charge on any atom is -0.381 e. The summed E-state index contributed by atoms with van der Waals surface area (Å²) in [6, 6.07) is 12.6. The van der Waals surface area contributed by atoms with Crippen LogP contribution in [0.1, 0.15) is 50.8 Å². The number of terminal acetylenes is 1. The van der Waals surface area contributed by atoms with Crippen molar-refractivity contribution in [3.63, 3.8) is 0 Å². The summed E-state index contributed by atoms with van der Waals surface area (Å²) in [6.07, 6.45) is 10.5. The number of benzene rings is 2. The predicted molar refractivity (Wildman–Crippen MR) is 115 cm³/mol. The van der Waals surface area contributed by atoms with Gasteiger partial charge in [0.25, 0.3) is 0 Å². The van der Waals surface area contributed by atoms with Crippen molar-refractivity contribution in [3.05, 3.63) is 71.0 Å². The molecule has 144 valence electrons. The van der Waals surface area contributed by atoms with E-state index in [1.807, 2.05) is 32.9 Å². The zero-order valence-electron chi connectivity index (χ0n) is 17.0. The fourth-order valence-electron chi connectivity index (χ4n) is 2.33. The van der Waals surface area contributed by atoms with E-state index in [-0.39, 0.29) is 11.6 Å². The summed E-state index contributed by atoms with van der Waals surface area (Å²) in [5.41, 5.74) is 6.15. The van der Waals surface area contributed by atoms with Crippen LogP contribution in [-0.2, 0) is 11.3 Å². The Hall–Kier alpha value is -2.86. The molecule has 2 aromatic rings. The average molecular weight is 368 g/mol. The molecule has 0 amide bonds. The number of aryl methyl sites for hydroxylation is 1. The molecule has 0 saturated carbocycles. The lowest BCUT2D eigenvalue weighted by atomic mass is 9.94. The summed E-state index contributed by atoms with van der Waals surface area (Å²) in [6.45, 7) is 10.6. The minimum absolute atomic E-state index is 0.171. The van der Waals surface area contributed by atoms with Crippen LogP contribution in [-0.4, -0.2) is 5.78 Å². The Morgan fingerprint density at radius 3 is 2.15 bits per heavy atom. The molecule has 1 heterocycles. The number of nitrogens with one attached hydrogen (secondary N) is 1. The zero-order chi connectivity index (χ0) is 20.8. The van der Waals surface area contributed by atoms with Gasteiger partial charge in [-0.05, 0) is 50.1 Å². The highest BCUT2D eigenvalue weighted by Gasteiger charge is 2.15. The first kappa shape index (κ1) is 24.1. The maximum atomic E-state index is 12.1. The summed E-state index contributed by atoms with van der Waals surface area (Å²) in [7, 11) is 0. The number of halogens is 1. The molecular weight excluding hydrogens is 337 g/mol. The number of anilines is 1. The van der Waals surface area contributed by atoms with Crippen molar-refractivity contribution < 1.29 is 9.18 Å². The number of hydrogen-bond acceptors (Lipinski definition) is 2. The van der Waals surface area contributed by atoms with Crippen LogP contribution in [0, 0.1) is 25.6 Å². The zero-order valence-corrected chi connectivity index (χ0v) is 17.0. The van der Waals surface area contributed by atoms with Crippen LogP contribution in [0.5, 0.6) is 0 Å². The molecule has 1 aliphatic rings. The number of ketones is 1. The molecule has 1 N–H and O–H groups in total. The van der Waals surface area contributed by atoms with E-state index in [1.54, 1.807) is 19.1 Å². The fourth-order valence-corrected chi connectivity index (χ4v) is 2.33. The quantitative estimate of drug-likeness (QED) is 0.636. The van der Waals surface area contributed by atoms with Gasteiger partial charge in [0, 0.05) is 24.2 Å². The van der Waals surface area contributed by atoms with Crippen LogP contribution in [0.3, 0.4) is 0 Å². The monoisotopic (exact) mass is 367 g/mol. The molecule has 2 aromatic carbocycles. The molecular formula is C24H30FNO. The number of allylic oxidation sites excluding steroid dienone is 2. The molecule has 0 aromatic heterocycles. The van der Waals surface area contributed by atoms with Crippen molar-refractivity contribution in [2.75, 3.05) is 5.32 Å². The topological polar surface area (TPSA) is 29.1 Å². The minimum atomic E-state index is -0.171. The lowest BCUT2D eigenvalue weighted by molar-refractivity contribution is -0.116. The molecule has 0 saturated heterocycles. The second-order valence-corrected chi connectivity index (χ2v) is 5.77. The van der Waals surface area contributed by atoms with Crippen molar-refractivity contribution in [2.45, 2.75) is 47.6 Å². The number of hydrogen-bond donors (Lipinski definition) is 1. The number of Topliss-reactive ketones (excluding diaryl/α,β-unsaturated/α-hetero) is 1. The van der Waals surface area contributed by atoms with E-state index in [9.17, 15) is 9.18 Å². The van der Waals surface area contributed by atoms with E-state index in [2.05, 4.69) is 37.2 Å². The average Bonchev–Trinajstić information content (AvgIpc) is 2.66. The third kappa shape index (κ3) is 8.37. The molecule has 0 spiro atoms. The van der Waals surface area contributed by atoms with E-state index in [1.165, 1.54) is 34.5 Å². The lowest BCUT2D eigenvalue weighted by Gasteiger charge is -2.24. The Kier molecular flexibility index (Phi) is 11.9. The molecule has 0 fully saturated rings. The first-order chi connectivity index (χ1) is 13.0. The predicted octanol–water partition coefficient (Wildman–Crippen LogP) is 6.40. The first-order valence-electron chi connectivity index (χ1n) is 9.05. The number of carbonyl (C=O) groups is 1. The van der Waals surface area contributed by atoms with Crippen molar-refractivity contribution in [1.29, 1.82) is 0 Å².